The molecule has 2 N–H and O–H groups in total. The van der Waals surface area contributed by atoms with Crippen molar-refractivity contribution >= 4 is 0 Å². The SMILES string of the molecule is C=C(C)C(C)CC(O)NC1CCN(C(C)/C=C(\C)C(C)C(/C=C\C)OC)CC1.C=CCC.CC.CCC. The van der Waals surface area contributed by atoms with Crippen molar-refractivity contribution < 1.29 is 9.84 Å². The summed E-state index contributed by atoms with van der Waals surface area (Å²) in [6, 6.07) is 0.812. The Morgan fingerprint density at radius 3 is 1.97 bits per heavy atom. The van der Waals surface area contributed by atoms with Crippen LogP contribution in [0.2, 0.25) is 0 Å². The van der Waals surface area contributed by atoms with Gasteiger partial charge in [-0.05, 0) is 59.3 Å². The number of allylic oxidation sites excluding steroid dienone is 3. The summed E-state index contributed by atoms with van der Waals surface area (Å²) in [6.45, 7) is 32.8. The fourth-order valence-electron chi connectivity index (χ4n) is 3.89. The number of ether oxygens (including phenoxy) is 1. The van der Waals surface area contributed by atoms with Crippen LogP contribution in [0.4, 0.5) is 0 Å². The maximum atomic E-state index is 10.3. The largest absolute Gasteiger partial charge is 0.379 e. The fourth-order valence-corrected chi connectivity index (χ4v) is 3.89. The van der Waals surface area contributed by atoms with Crippen LogP contribution in [0, 0.1) is 11.8 Å². The van der Waals surface area contributed by atoms with Crippen molar-refractivity contribution in [3.63, 3.8) is 0 Å². The van der Waals surface area contributed by atoms with E-state index < -0.39 is 6.23 Å². The van der Waals surface area contributed by atoms with Crippen LogP contribution in [-0.2, 0) is 4.74 Å². The minimum Gasteiger partial charge on any atom is -0.379 e. The number of piperidine rings is 1. The van der Waals surface area contributed by atoms with Crippen LogP contribution >= 0.6 is 0 Å². The molecule has 0 bridgehead atoms. The smallest absolute Gasteiger partial charge is 0.105 e. The minimum absolute atomic E-state index is 0.131. The molecule has 0 aliphatic carbocycles. The van der Waals surface area contributed by atoms with Crippen LogP contribution in [0.1, 0.15) is 108 Å². The molecule has 4 nitrogen and oxygen atoms in total. The summed E-state index contributed by atoms with van der Waals surface area (Å²) in [5, 5.41) is 13.7. The van der Waals surface area contributed by atoms with Gasteiger partial charge >= 0.3 is 0 Å². The second-order valence-electron chi connectivity index (χ2n) is 10.0. The average molecular weight is 523 g/mol. The van der Waals surface area contributed by atoms with Gasteiger partial charge in [-0.2, -0.15) is 0 Å². The van der Waals surface area contributed by atoms with E-state index in [0.717, 1.165) is 44.3 Å². The summed E-state index contributed by atoms with van der Waals surface area (Å²) in [5.74, 6) is 0.713. The lowest BCUT2D eigenvalue weighted by molar-refractivity contribution is 0.0799. The maximum absolute atomic E-state index is 10.3. The Hall–Kier alpha value is -1.20. The third-order valence-corrected chi connectivity index (χ3v) is 6.61. The predicted molar refractivity (Wildman–Crippen MR) is 168 cm³/mol. The second-order valence-corrected chi connectivity index (χ2v) is 10.0. The van der Waals surface area contributed by atoms with Crippen LogP contribution < -0.4 is 5.32 Å². The standard InChI is InChI=1S/C24H44N2O2.C4H8.C3H8.C2H6/c1-9-10-23(28-8)21(7)19(5)15-20(6)26-13-11-22(12-14-26)25-24(27)16-18(4)17(2)3;1-3-4-2;1-3-2;1-2/h9-10,15,18,20-25,27H,2,11-14,16H2,1,3-8H3;3H,1,4H2,2H3;3H2,1-2H3;1-2H3/b10-9-,19-15+;;;. The van der Waals surface area contributed by atoms with Crippen LogP contribution in [0.5, 0.6) is 0 Å². The molecule has 0 spiro atoms. The van der Waals surface area contributed by atoms with Gasteiger partial charge in [0.2, 0.25) is 0 Å². The Labute approximate surface area is 233 Å². The molecule has 1 aliphatic heterocycles. The molecular formula is C33H66N2O2. The Bertz CT molecular complexity index is 591. The molecule has 0 aromatic heterocycles. The molecule has 37 heavy (non-hydrogen) atoms. The average Bonchev–Trinajstić information content (AvgIpc) is 2.88. The van der Waals surface area contributed by atoms with Crippen molar-refractivity contribution in [3.05, 3.63) is 48.6 Å². The lowest BCUT2D eigenvalue weighted by Gasteiger charge is -2.37. The second kappa shape index (κ2) is 26.4. The van der Waals surface area contributed by atoms with Crippen molar-refractivity contribution in [1.29, 1.82) is 0 Å². The van der Waals surface area contributed by atoms with Gasteiger partial charge < -0.3 is 9.84 Å². The molecule has 4 heteroatoms. The van der Waals surface area contributed by atoms with Gasteiger partial charge in [-0.3, -0.25) is 10.2 Å². The molecule has 1 aliphatic rings. The van der Waals surface area contributed by atoms with Gasteiger partial charge in [0, 0.05) is 38.2 Å². The van der Waals surface area contributed by atoms with Crippen molar-refractivity contribution in [2.75, 3.05) is 20.2 Å². The number of hydrogen-bond acceptors (Lipinski definition) is 4. The quantitative estimate of drug-likeness (QED) is 0.199. The number of hydrogen-bond donors (Lipinski definition) is 2. The third kappa shape index (κ3) is 20.4. The van der Waals surface area contributed by atoms with Gasteiger partial charge in [-0.1, -0.05) is 96.9 Å². The fraction of sp³-hybridized carbons (Fsp3) is 0.758. The van der Waals surface area contributed by atoms with Crippen LogP contribution in [0.3, 0.4) is 0 Å². The van der Waals surface area contributed by atoms with Crippen LogP contribution in [0.15, 0.2) is 48.6 Å². The van der Waals surface area contributed by atoms with Gasteiger partial charge in [0.1, 0.15) is 6.23 Å². The minimum atomic E-state index is -0.443. The molecule has 0 aromatic carbocycles. The molecule has 5 atom stereocenters. The Morgan fingerprint density at radius 2 is 1.59 bits per heavy atom. The summed E-state index contributed by atoms with van der Waals surface area (Å²) < 4.78 is 5.62. The van der Waals surface area contributed by atoms with E-state index in [1.807, 2.05) is 33.8 Å². The highest BCUT2D eigenvalue weighted by Gasteiger charge is 2.24. The van der Waals surface area contributed by atoms with E-state index in [1.165, 1.54) is 12.0 Å². The van der Waals surface area contributed by atoms with Gasteiger partial charge in [0.15, 0.2) is 0 Å². The zero-order valence-corrected chi connectivity index (χ0v) is 26.9. The number of aliphatic hydroxyl groups excluding tert-OH is 1. The van der Waals surface area contributed by atoms with E-state index in [1.54, 1.807) is 7.11 Å². The van der Waals surface area contributed by atoms with Crippen molar-refractivity contribution in [1.82, 2.24) is 10.2 Å². The molecule has 5 unspecified atom stereocenters. The van der Waals surface area contributed by atoms with E-state index in [-0.39, 0.29) is 6.10 Å². The maximum Gasteiger partial charge on any atom is 0.105 e. The van der Waals surface area contributed by atoms with E-state index in [9.17, 15) is 5.11 Å². The number of nitrogens with one attached hydrogen (secondary N) is 1. The zero-order valence-electron chi connectivity index (χ0n) is 26.9. The van der Waals surface area contributed by atoms with Crippen molar-refractivity contribution in [2.45, 2.75) is 133 Å². The number of methoxy groups -OCH3 is 1. The van der Waals surface area contributed by atoms with Crippen molar-refractivity contribution in [3.8, 4) is 0 Å². The lowest BCUT2D eigenvalue weighted by atomic mass is 9.93. The number of aliphatic hydroxyl groups is 1. The summed E-state index contributed by atoms with van der Waals surface area (Å²) in [6.07, 6.45) is 13.4. The topological polar surface area (TPSA) is 44.7 Å². The van der Waals surface area contributed by atoms with Gasteiger partial charge in [-0.25, -0.2) is 0 Å². The third-order valence-electron chi connectivity index (χ3n) is 6.61. The van der Waals surface area contributed by atoms with Gasteiger partial charge in [-0.15, -0.1) is 6.58 Å². The number of likely N-dealkylation sites (tertiary alicyclic amines) is 1. The molecule has 0 radical (unpaired) electrons. The summed E-state index contributed by atoms with van der Waals surface area (Å²) in [7, 11) is 1.78. The summed E-state index contributed by atoms with van der Waals surface area (Å²) in [5.41, 5.74) is 2.51. The van der Waals surface area contributed by atoms with Crippen LogP contribution in [0.25, 0.3) is 0 Å². The highest BCUT2D eigenvalue weighted by atomic mass is 16.5. The van der Waals surface area contributed by atoms with Crippen molar-refractivity contribution in [2.24, 2.45) is 11.8 Å². The first-order valence-electron chi connectivity index (χ1n) is 14.8. The monoisotopic (exact) mass is 523 g/mol. The predicted octanol–water partition coefficient (Wildman–Crippen LogP) is 8.55. The Balaban J connectivity index is -0.00000112. The number of rotatable bonds is 12. The molecule has 0 amide bonds. The highest BCUT2D eigenvalue weighted by Crippen LogP contribution is 2.22. The van der Waals surface area contributed by atoms with Crippen LogP contribution in [-0.4, -0.2) is 54.6 Å². The normalized spacial score (nSPS) is 18.6. The molecule has 1 heterocycles. The molecule has 1 rings (SSSR count). The van der Waals surface area contributed by atoms with Gasteiger partial charge in [0.25, 0.3) is 0 Å². The first kappa shape index (κ1) is 40.3. The zero-order chi connectivity index (χ0) is 29.4. The van der Waals surface area contributed by atoms with Gasteiger partial charge in [0.05, 0.1) is 6.10 Å². The lowest BCUT2D eigenvalue weighted by Crippen LogP contribution is -2.48. The first-order chi connectivity index (χ1) is 17.5. The van der Waals surface area contributed by atoms with E-state index in [0.29, 0.717) is 23.9 Å². The first-order valence-corrected chi connectivity index (χ1v) is 14.8. The number of nitrogens with zero attached hydrogens (tertiary/aromatic N) is 1. The molecule has 1 saturated heterocycles. The molecule has 0 saturated carbocycles. The molecular weight excluding hydrogens is 456 g/mol. The Kier molecular flexibility index (Phi) is 28.8. The Morgan fingerprint density at radius 1 is 1.11 bits per heavy atom. The molecule has 0 aromatic rings. The summed E-state index contributed by atoms with van der Waals surface area (Å²) >= 11 is 0. The van der Waals surface area contributed by atoms with E-state index >= 15 is 0 Å². The molecule has 1 fully saturated rings. The highest BCUT2D eigenvalue weighted by molar-refractivity contribution is 5.12. The van der Waals surface area contributed by atoms with E-state index in [2.05, 4.69) is 90.1 Å². The molecule has 220 valence electrons. The van der Waals surface area contributed by atoms with E-state index in [4.69, 9.17) is 4.74 Å². The summed E-state index contributed by atoms with van der Waals surface area (Å²) in [4.78, 5) is 2.54.